The largest absolute Gasteiger partial charge is 0.469 e. The molecule has 1 saturated heterocycles. The number of nitrogens with zero attached hydrogens (tertiary/aromatic N) is 2. The van der Waals surface area contributed by atoms with Gasteiger partial charge in [0.05, 0.1) is 34.3 Å². The molecule has 4 saturated carbocycles. The minimum Gasteiger partial charge on any atom is -0.469 e. The van der Waals surface area contributed by atoms with E-state index in [2.05, 4.69) is 0 Å². The highest BCUT2D eigenvalue weighted by Gasteiger charge is 2.65. The molecule has 1 aromatic carbocycles. The molecule has 5 fully saturated rings. The number of anilines is 1. The predicted molar refractivity (Wildman–Crippen MR) is 112 cm³/mol. The molecule has 7 heteroatoms. The number of carbonyl (C=O) groups is 2. The fourth-order valence-corrected chi connectivity index (χ4v) is 7.27. The van der Waals surface area contributed by atoms with Crippen LogP contribution in [-0.4, -0.2) is 35.6 Å². The van der Waals surface area contributed by atoms with Gasteiger partial charge in [0.2, 0.25) is 0 Å². The maximum atomic E-state index is 13.3. The van der Waals surface area contributed by atoms with E-state index in [1.54, 1.807) is 6.07 Å². The second-order valence-electron chi connectivity index (χ2n) is 9.83. The van der Waals surface area contributed by atoms with Crippen molar-refractivity contribution < 1.29 is 14.3 Å². The maximum Gasteiger partial charge on any atom is 0.311 e. The molecule has 0 N–H and O–H groups in total. The van der Waals surface area contributed by atoms with Gasteiger partial charge in [0.25, 0.3) is 5.91 Å². The minimum absolute atomic E-state index is 0.0691. The third-order valence-electron chi connectivity index (χ3n) is 7.76. The number of hydrazine groups is 1. The fraction of sp³-hybridized carbons (Fsp3) is 0.636. The highest BCUT2D eigenvalue weighted by atomic mass is 35.5. The van der Waals surface area contributed by atoms with Gasteiger partial charge >= 0.3 is 5.97 Å². The summed E-state index contributed by atoms with van der Waals surface area (Å²) < 4.78 is 5.18. The van der Waals surface area contributed by atoms with E-state index < -0.39 is 5.54 Å². The standard InChI is InChI=1S/C22H26Cl2N2O3/c1-21(2)19(27)25(26(21)16-6-4-5-15(23)17(16)24)18-13-7-12-8-14(18)11-22(9-12,10-13)20(28)29-3/h4-6,12-14,18H,7-11H2,1-3H3/t12?,13-,14+,18?,22?. The van der Waals surface area contributed by atoms with Crippen LogP contribution in [0.15, 0.2) is 18.2 Å². The second kappa shape index (κ2) is 6.27. The van der Waals surface area contributed by atoms with Gasteiger partial charge in [0.15, 0.2) is 0 Å². The van der Waals surface area contributed by atoms with Crippen molar-refractivity contribution in [2.45, 2.75) is 57.5 Å². The van der Waals surface area contributed by atoms with Gasteiger partial charge in [-0.15, -0.1) is 0 Å². The highest BCUT2D eigenvalue weighted by Crippen LogP contribution is 2.63. The van der Waals surface area contributed by atoms with E-state index in [1.165, 1.54) is 7.11 Å². The zero-order valence-corrected chi connectivity index (χ0v) is 18.5. The predicted octanol–water partition coefficient (Wildman–Crippen LogP) is 4.70. The Balaban J connectivity index is 1.52. The third-order valence-corrected chi connectivity index (χ3v) is 8.57. The Morgan fingerprint density at radius 1 is 1.14 bits per heavy atom. The first-order chi connectivity index (χ1) is 13.7. The summed E-state index contributed by atoms with van der Waals surface area (Å²) in [6, 6.07) is 5.64. The van der Waals surface area contributed by atoms with E-state index in [1.807, 2.05) is 36.0 Å². The minimum atomic E-state index is -0.678. The van der Waals surface area contributed by atoms with Crippen molar-refractivity contribution in [3.05, 3.63) is 28.2 Å². The van der Waals surface area contributed by atoms with Crippen molar-refractivity contribution in [2.24, 2.45) is 23.2 Å². The summed E-state index contributed by atoms with van der Waals surface area (Å²) in [6.45, 7) is 3.85. The van der Waals surface area contributed by atoms with E-state index in [9.17, 15) is 9.59 Å². The summed E-state index contributed by atoms with van der Waals surface area (Å²) >= 11 is 12.8. The molecule has 0 radical (unpaired) electrons. The quantitative estimate of drug-likeness (QED) is 0.644. The zero-order valence-electron chi connectivity index (χ0n) is 17.0. The highest BCUT2D eigenvalue weighted by molar-refractivity contribution is 6.43. The first kappa shape index (κ1) is 19.5. The molecule has 1 amide bonds. The Bertz CT molecular complexity index is 886. The summed E-state index contributed by atoms with van der Waals surface area (Å²) in [5.74, 6) is 1.20. The first-order valence-corrected chi connectivity index (χ1v) is 11.1. The Morgan fingerprint density at radius 3 is 2.41 bits per heavy atom. The molecule has 6 rings (SSSR count). The van der Waals surface area contributed by atoms with Gasteiger partial charge < -0.3 is 4.74 Å². The van der Waals surface area contributed by atoms with E-state index in [0.717, 1.165) is 37.8 Å². The average molecular weight is 437 g/mol. The summed E-state index contributed by atoms with van der Waals surface area (Å²) in [5.41, 5.74) is -0.271. The van der Waals surface area contributed by atoms with E-state index >= 15 is 0 Å². The summed E-state index contributed by atoms with van der Waals surface area (Å²) in [4.78, 5) is 25.9. The van der Waals surface area contributed by atoms with Gasteiger partial charge in [-0.25, -0.2) is 5.01 Å². The lowest BCUT2D eigenvalue weighted by molar-refractivity contribution is -0.189. The number of methoxy groups -OCH3 is 1. The van der Waals surface area contributed by atoms with Gasteiger partial charge in [-0.05, 0) is 75.8 Å². The van der Waals surface area contributed by atoms with Crippen molar-refractivity contribution in [1.82, 2.24) is 5.01 Å². The van der Waals surface area contributed by atoms with Gasteiger partial charge in [0, 0.05) is 0 Å². The van der Waals surface area contributed by atoms with Crippen LogP contribution in [-0.2, 0) is 14.3 Å². The van der Waals surface area contributed by atoms with Gasteiger partial charge in [0.1, 0.15) is 5.54 Å². The van der Waals surface area contributed by atoms with E-state index in [0.29, 0.717) is 27.8 Å². The molecule has 29 heavy (non-hydrogen) atoms. The van der Waals surface area contributed by atoms with Crippen LogP contribution in [0, 0.1) is 23.2 Å². The molecule has 1 aromatic rings. The Kier molecular flexibility index (Phi) is 4.22. The lowest BCUT2D eigenvalue weighted by Crippen LogP contribution is -2.80. The van der Waals surface area contributed by atoms with Crippen LogP contribution in [0.1, 0.15) is 46.0 Å². The van der Waals surface area contributed by atoms with E-state index in [4.69, 9.17) is 27.9 Å². The molecule has 4 aliphatic carbocycles. The number of carbonyl (C=O) groups excluding carboxylic acids is 2. The van der Waals surface area contributed by atoms with Gasteiger partial charge in [-0.3, -0.25) is 14.6 Å². The molecule has 0 spiro atoms. The number of esters is 1. The lowest BCUT2D eigenvalue weighted by atomic mass is 9.47. The topological polar surface area (TPSA) is 49.9 Å². The van der Waals surface area contributed by atoms with Crippen LogP contribution in [0.25, 0.3) is 0 Å². The van der Waals surface area contributed by atoms with Crippen molar-refractivity contribution in [2.75, 3.05) is 12.1 Å². The molecular formula is C22H26Cl2N2O3. The normalized spacial score (nSPS) is 36.9. The van der Waals surface area contributed by atoms with Crippen LogP contribution in [0.2, 0.25) is 10.0 Å². The molecule has 5 aliphatic rings. The molecule has 5 atom stereocenters. The number of halogens is 2. The van der Waals surface area contributed by atoms with Crippen LogP contribution in [0.5, 0.6) is 0 Å². The SMILES string of the molecule is COC(=O)C12CC3C[C@H](C1)C(N1C(=O)C(C)(C)N1c1cccc(Cl)c1Cl)[C@@H](C3)C2. The third kappa shape index (κ3) is 2.53. The molecule has 3 unspecified atom stereocenters. The monoisotopic (exact) mass is 436 g/mol. The van der Waals surface area contributed by atoms with Crippen LogP contribution >= 0.6 is 23.2 Å². The van der Waals surface area contributed by atoms with Gasteiger partial charge in [-0.1, -0.05) is 29.3 Å². The smallest absolute Gasteiger partial charge is 0.311 e. The molecular weight excluding hydrogens is 411 g/mol. The number of hydrogen-bond donors (Lipinski definition) is 0. The number of hydrogen-bond acceptors (Lipinski definition) is 4. The maximum absolute atomic E-state index is 13.3. The van der Waals surface area contributed by atoms with Crippen molar-refractivity contribution >= 4 is 40.8 Å². The summed E-state index contributed by atoms with van der Waals surface area (Å²) in [5, 5.41) is 4.90. The number of ether oxygens (including phenoxy) is 1. The second-order valence-corrected chi connectivity index (χ2v) is 10.6. The van der Waals surface area contributed by atoms with Crippen LogP contribution in [0.3, 0.4) is 0 Å². The Hall–Kier alpha value is -1.46. The summed E-state index contributed by atoms with van der Waals surface area (Å²) in [7, 11) is 1.49. The van der Waals surface area contributed by atoms with Gasteiger partial charge in [-0.2, -0.15) is 0 Å². The van der Waals surface area contributed by atoms with Crippen molar-refractivity contribution in [3.63, 3.8) is 0 Å². The fourth-order valence-electron chi connectivity index (χ4n) is 6.89. The average Bonchev–Trinajstić information content (AvgIpc) is 2.68. The number of rotatable bonds is 3. The Morgan fingerprint density at radius 2 is 1.79 bits per heavy atom. The van der Waals surface area contributed by atoms with Crippen LogP contribution in [0.4, 0.5) is 5.69 Å². The molecule has 0 aromatic heterocycles. The number of benzene rings is 1. The zero-order chi connectivity index (χ0) is 20.7. The Labute approximate surface area is 181 Å². The summed E-state index contributed by atoms with van der Waals surface area (Å²) in [6.07, 6.45) is 4.68. The lowest BCUT2D eigenvalue weighted by Gasteiger charge is -2.67. The number of amides is 1. The van der Waals surface area contributed by atoms with Crippen molar-refractivity contribution in [1.29, 1.82) is 0 Å². The van der Waals surface area contributed by atoms with E-state index in [-0.39, 0.29) is 23.3 Å². The molecule has 1 aliphatic heterocycles. The molecule has 5 nitrogen and oxygen atoms in total. The first-order valence-electron chi connectivity index (χ1n) is 10.4. The van der Waals surface area contributed by atoms with Crippen molar-refractivity contribution in [3.8, 4) is 0 Å². The molecule has 1 heterocycles. The molecule has 4 bridgehead atoms. The molecule has 156 valence electrons. The van der Waals surface area contributed by atoms with Crippen LogP contribution < -0.4 is 5.01 Å².